The maximum atomic E-state index is 11.7. The molecule has 2 heterocycles. The molecule has 146 valence electrons. The van der Waals surface area contributed by atoms with Gasteiger partial charge in [-0.3, -0.25) is 0 Å². The van der Waals surface area contributed by atoms with Crippen LogP contribution < -0.4 is 10.6 Å². The summed E-state index contributed by atoms with van der Waals surface area (Å²) in [7, 11) is -3.30. The Bertz CT molecular complexity index is 1290. The summed E-state index contributed by atoms with van der Waals surface area (Å²) in [4.78, 5) is 4.48. The normalized spacial score (nSPS) is 13.6. The van der Waals surface area contributed by atoms with Crippen molar-refractivity contribution in [1.29, 1.82) is 10.5 Å². The summed E-state index contributed by atoms with van der Waals surface area (Å²) in [5, 5.41) is 29.3. The van der Waals surface area contributed by atoms with Crippen LogP contribution in [0.4, 0.5) is 17.3 Å². The predicted octanol–water partition coefficient (Wildman–Crippen LogP) is 2.34. The molecule has 4 rings (SSSR count). The zero-order chi connectivity index (χ0) is 20.6. The summed E-state index contributed by atoms with van der Waals surface area (Å²) >= 11 is 0. The number of nitrogens with zero attached hydrogens (tertiary/aromatic N) is 5. The average molecular weight is 407 g/mol. The van der Waals surface area contributed by atoms with Gasteiger partial charge in [-0.2, -0.15) is 20.1 Å². The SMILES string of the molecule is CS(=O)(=O)Cc1cc(Nc2cc(NC3CC3)n3ncc(C#N)c3n2)ccc1C#N. The summed E-state index contributed by atoms with van der Waals surface area (Å²) in [5.41, 5.74) is 2.09. The van der Waals surface area contributed by atoms with E-state index in [4.69, 9.17) is 0 Å². The summed E-state index contributed by atoms with van der Waals surface area (Å²) in [6.07, 6.45) is 4.74. The van der Waals surface area contributed by atoms with Gasteiger partial charge in [0.1, 0.15) is 23.3 Å². The van der Waals surface area contributed by atoms with Crippen LogP contribution in [0.3, 0.4) is 0 Å². The number of sulfone groups is 1. The van der Waals surface area contributed by atoms with Crippen LogP contribution >= 0.6 is 0 Å². The topological polar surface area (TPSA) is 136 Å². The Balaban J connectivity index is 1.73. The van der Waals surface area contributed by atoms with E-state index in [0.717, 1.165) is 19.1 Å². The molecule has 0 saturated heterocycles. The lowest BCUT2D eigenvalue weighted by atomic mass is 10.1. The largest absolute Gasteiger partial charge is 0.367 e. The molecule has 0 unspecified atom stereocenters. The van der Waals surface area contributed by atoms with Crippen LogP contribution in [-0.2, 0) is 15.6 Å². The maximum Gasteiger partial charge on any atom is 0.177 e. The molecule has 9 nitrogen and oxygen atoms in total. The van der Waals surface area contributed by atoms with Gasteiger partial charge in [-0.1, -0.05) is 0 Å². The molecule has 2 aromatic heterocycles. The number of fused-ring (bicyclic) bond motifs is 1. The van der Waals surface area contributed by atoms with Gasteiger partial charge in [-0.05, 0) is 36.6 Å². The van der Waals surface area contributed by atoms with Crippen LogP contribution in [0.2, 0.25) is 0 Å². The molecule has 1 fully saturated rings. The molecule has 0 radical (unpaired) electrons. The van der Waals surface area contributed by atoms with Crippen molar-refractivity contribution in [1.82, 2.24) is 14.6 Å². The lowest BCUT2D eigenvalue weighted by molar-refractivity contribution is 0.601. The number of nitriles is 2. The van der Waals surface area contributed by atoms with Gasteiger partial charge in [0.15, 0.2) is 15.5 Å². The Morgan fingerprint density at radius 1 is 1.21 bits per heavy atom. The van der Waals surface area contributed by atoms with Gasteiger partial charge in [0, 0.05) is 24.1 Å². The van der Waals surface area contributed by atoms with Crippen LogP contribution in [0.25, 0.3) is 5.65 Å². The number of rotatable bonds is 6. The van der Waals surface area contributed by atoms with Gasteiger partial charge >= 0.3 is 0 Å². The molecule has 0 bridgehead atoms. The lowest BCUT2D eigenvalue weighted by Crippen LogP contribution is -2.09. The minimum absolute atomic E-state index is 0.229. The first-order valence-electron chi connectivity index (χ1n) is 8.89. The second-order valence-corrected chi connectivity index (χ2v) is 9.17. The third-order valence-electron chi connectivity index (χ3n) is 4.44. The fraction of sp³-hybridized carbons (Fsp3) is 0.263. The molecule has 1 aliphatic carbocycles. The fourth-order valence-corrected chi connectivity index (χ4v) is 3.78. The van der Waals surface area contributed by atoms with Crippen LogP contribution in [0.5, 0.6) is 0 Å². The lowest BCUT2D eigenvalue weighted by Gasteiger charge is -2.12. The highest BCUT2D eigenvalue weighted by molar-refractivity contribution is 7.89. The Kier molecular flexibility index (Phi) is 4.57. The third-order valence-corrected chi connectivity index (χ3v) is 5.27. The van der Waals surface area contributed by atoms with Crippen molar-refractivity contribution in [3.05, 3.63) is 47.2 Å². The van der Waals surface area contributed by atoms with E-state index in [2.05, 4.69) is 26.8 Å². The highest BCUT2D eigenvalue weighted by Gasteiger charge is 2.23. The van der Waals surface area contributed by atoms with E-state index < -0.39 is 9.84 Å². The van der Waals surface area contributed by atoms with E-state index in [1.54, 1.807) is 28.8 Å². The number of anilines is 3. The van der Waals surface area contributed by atoms with Crippen molar-refractivity contribution < 1.29 is 8.42 Å². The van der Waals surface area contributed by atoms with Gasteiger partial charge in [-0.15, -0.1) is 0 Å². The van der Waals surface area contributed by atoms with Gasteiger partial charge in [0.2, 0.25) is 0 Å². The van der Waals surface area contributed by atoms with E-state index in [0.29, 0.717) is 45.7 Å². The Morgan fingerprint density at radius 3 is 2.62 bits per heavy atom. The zero-order valence-electron chi connectivity index (χ0n) is 15.5. The molecule has 1 aromatic carbocycles. The van der Waals surface area contributed by atoms with Gasteiger partial charge in [0.05, 0.1) is 23.6 Å². The number of hydrogen-bond acceptors (Lipinski definition) is 8. The summed E-state index contributed by atoms with van der Waals surface area (Å²) < 4.78 is 25.0. The van der Waals surface area contributed by atoms with Crippen LogP contribution in [0.1, 0.15) is 29.5 Å². The Morgan fingerprint density at radius 2 is 1.97 bits per heavy atom. The highest BCUT2D eigenvalue weighted by Crippen LogP contribution is 2.28. The van der Waals surface area contributed by atoms with Crippen molar-refractivity contribution in [2.24, 2.45) is 0 Å². The van der Waals surface area contributed by atoms with Crippen molar-refractivity contribution in [2.45, 2.75) is 24.6 Å². The van der Waals surface area contributed by atoms with Crippen molar-refractivity contribution in [3.8, 4) is 12.1 Å². The zero-order valence-corrected chi connectivity index (χ0v) is 16.4. The monoisotopic (exact) mass is 407 g/mol. The van der Waals surface area contributed by atoms with E-state index in [9.17, 15) is 18.9 Å². The standard InChI is InChI=1S/C19H17N7O2S/c1-29(27,28)11-13-6-16(3-2-12(13)8-20)23-17-7-18(24-15-4-5-15)26-19(25-17)14(9-21)10-22-26/h2-3,6-7,10,15,24H,4-5,11H2,1H3,(H,23,25). The van der Waals surface area contributed by atoms with Crippen LogP contribution in [0.15, 0.2) is 30.5 Å². The van der Waals surface area contributed by atoms with Crippen LogP contribution in [0, 0.1) is 22.7 Å². The molecule has 0 atom stereocenters. The molecular weight excluding hydrogens is 390 g/mol. The number of nitrogens with one attached hydrogen (secondary N) is 2. The predicted molar refractivity (Wildman–Crippen MR) is 107 cm³/mol. The molecule has 29 heavy (non-hydrogen) atoms. The molecule has 1 saturated carbocycles. The molecule has 3 aromatic rings. The first kappa shape index (κ1) is 18.7. The Hall–Kier alpha value is -3.63. The number of hydrogen-bond donors (Lipinski definition) is 2. The smallest absolute Gasteiger partial charge is 0.177 e. The van der Waals surface area contributed by atoms with E-state index in [1.165, 1.54) is 6.20 Å². The molecule has 1 aliphatic rings. The molecular formula is C19H17N7O2S. The average Bonchev–Trinajstić information content (AvgIpc) is 3.37. The van der Waals surface area contributed by atoms with Gasteiger partial charge in [0.25, 0.3) is 0 Å². The summed E-state index contributed by atoms with van der Waals surface area (Å²) in [6.45, 7) is 0. The number of aromatic nitrogens is 3. The quantitative estimate of drug-likeness (QED) is 0.635. The van der Waals surface area contributed by atoms with Gasteiger partial charge < -0.3 is 10.6 Å². The molecule has 2 N–H and O–H groups in total. The van der Waals surface area contributed by atoms with Crippen LogP contribution in [-0.4, -0.2) is 35.3 Å². The first-order valence-corrected chi connectivity index (χ1v) is 11.0. The minimum Gasteiger partial charge on any atom is -0.367 e. The molecule has 0 amide bonds. The minimum atomic E-state index is -3.30. The van der Waals surface area contributed by atoms with Crippen molar-refractivity contribution >= 4 is 32.8 Å². The first-order chi connectivity index (χ1) is 13.9. The number of benzene rings is 1. The molecule has 0 aliphatic heterocycles. The van der Waals surface area contributed by atoms with Crippen molar-refractivity contribution in [3.63, 3.8) is 0 Å². The fourth-order valence-electron chi connectivity index (χ4n) is 2.98. The molecule has 0 spiro atoms. The van der Waals surface area contributed by atoms with E-state index in [1.807, 2.05) is 6.07 Å². The van der Waals surface area contributed by atoms with Gasteiger partial charge in [-0.25, -0.2) is 13.4 Å². The Labute approximate surface area is 167 Å². The van der Waals surface area contributed by atoms with Crippen molar-refractivity contribution in [2.75, 3.05) is 16.9 Å². The maximum absolute atomic E-state index is 11.7. The van der Waals surface area contributed by atoms with E-state index >= 15 is 0 Å². The highest BCUT2D eigenvalue weighted by atomic mass is 32.2. The third kappa shape index (κ3) is 4.13. The summed E-state index contributed by atoms with van der Waals surface area (Å²) in [5.74, 6) is 0.965. The van der Waals surface area contributed by atoms with E-state index in [-0.39, 0.29) is 5.75 Å². The summed E-state index contributed by atoms with van der Waals surface area (Å²) in [6, 6.07) is 11.1. The molecule has 10 heteroatoms. The second kappa shape index (κ2) is 7.08. The second-order valence-electron chi connectivity index (χ2n) is 7.03.